The van der Waals surface area contributed by atoms with Crippen LogP contribution in [-0.4, -0.2) is 29.2 Å². The minimum absolute atomic E-state index is 0.0140. The molecule has 0 saturated heterocycles. The summed E-state index contributed by atoms with van der Waals surface area (Å²) >= 11 is 0. The highest BCUT2D eigenvalue weighted by Crippen LogP contribution is 2.15. The van der Waals surface area contributed by atoms with Gasteiger partial charge in [0.25, 0.3) is 5.69 Å². The summed E-state index contributed by atoms with van der Waals surface area (Å²) in [5.74, 6) is 0. The smallest absolute Gasteiger partial charge is 0.319 e. The molecule has 7 heteroatoms. The van der Waals surface area contributed by atoms with E-state index < -0.39 is 4.92 Å². The van der Waals surface area contributed by atoms with Crippen molar-refractivity contribution in [1.29, 1.82) is 0 Å². The summed E-state index contributed by atoms with van der Waals surface area (Å²) in [6, 6.07) is 5.31. The maximum Gasteiger partial charge on any atom is 0.319 e. The van der Waals surface area contributed by atoms with Crippen LogP contribution in [-0.2, 0) is 0 Å². The number of amides is 2. The second kappa shape index (κ2) is 8.87. The van der Waals surface area contributed by atoms with Crippen molar-refractivity contribution in [2.45, 2.75) is 25.7 Å². The number of carbonyl (C=O) groups is 1. The standard InChI is InChI=1S/C13H19N3O4/c17-10-4-2-1-3-9-14-13(18)15-11-5-7-12(8-6-11)16(19)20/h5-8,17H,1-4,9-10H2,(H2,14,15,18). The van der Waals surface area contributed by atoms with Gasteiger partial charge in [0.15, 0.2) is 0 Å². The number of hydrogen-bond acceptors (Lipinski definition) is 4. The number of nitro groups is 1. The zero-order valence-electron chi connectivity index (χ0n) is 11.2. The van der Waals surface area contributed by atoms with Gasteiger partial charge in [-0.25, -0.2) is 4.79 Å². The zero-order valence-corrected chi connectivity index (χ0v) is 11.2. The molecular weight excluding hydrogens is 262 g/mol. The van der Waals surface area contributed by atoms with Gasteiger partial charge < -0.3 is 15.7 Å². The molecular formula is C13H19N3O4. The van der Waals surface area contributed by atoms with E-state index in [-0.39, 0.29) is 18.3 Å². The van der Waals surface area contributed by atoms with Gasteiger partial charge in [-0.3, -0.25) is 10.1 Å². The van der Waals surface area contributed by atoms with E-state index in [0.29, 0.717) is 12.2 Å². The highest BCUT2D eigenvalue weighted by Gasteiger charge is 2.05. The van der Waals surface area contributed by atoms with Crippen molar-refractivity contribution in [2.75, 3.05) is 18.5 Å². The SMILES string of the molecule is O=C(NCCCCCCO)Nc1ccc([N+](=O)[O-])cc1. The summed E-state index contributed by atoms with van der Waals surface area (Å²) in [5, 5.41) is 24.4. The number of aliphatic hydroxyl groups excluding tert-OH is 1. The predicted octanol–water partition coefficient (Wildman–Crippen LogP) is 2.27. The van der Waals surface area contributed by atoms with Crippen LogP contribution in [0.25, 0.3) is 0 Å². The van der Waals surface area contributed by atoms with Crippen molar-refractivity contribution >= 4 is 17.4 Å². The van der Waals surface area contributed by atoms with Crippen LogP contribution in [0.4, 0.5) is 16.2 Å². The molecule has 0 spiro atoms. The van der Waals surface area contributed by atoms with E-state index in [1.54, 1.807) is 0 Å². The van der Waals surface area contributed by atoms with Crippen LogP contribution in [0, 0.1) is 10.1 Å². The van der Waals surface area contributed by atoms with E-state index in [2.05, 4.69) is 10.6 Å². The number of nitrogens with one attached hydrogen (secondary N) is 2. The van der Waals surface area contributed by atoms with E-state index >= 15 is 0 Å². The van der Waals surface area contributed by atoms with Crippen molar-refractivity contribution in [2.24, 2.45) is 0 Å². The van der Waals surface area contributed by atoms with Crippen LogP contribution in [0.2, 0.25) is 0 Å². The number of nitrogens with zero attached hydrogens (tertiary/aromatic N) is 1. The first kappa shape index (κ1) is 15.9. The van der Waals surface area contributed by atoms with Crippen molar-refractivity contribution in [3.05, 3.63) is 34.4 Å². The Labute approximate surface area is 117 Å². The average molecular weight is 281 g/mol. The summed E-state index contributed by atoms with van der Waals surface area (Å²) < 4.78 is 0. The van der Waals surface area contributed by atoms with Gasteiger partial charge in [-0.15, -0.1) is 0 Å². The normalized spacial score (nSPS) is 10.1. The molecule has 110 valence electrons. The van der Waals surface area contributed by atoms with E-state index in [9.17, 15) is 14.9 Å². The third kappa shape index (κ3) is 6.14. The monoisotopic (exact) mass is 281 g/mol. The molecule has 0 bridgehead atoms. The second-order valence-corrected chi connectivity index (χ2v) is 4.32. The highest BCUT2D eigenvalue weighted by atomic mass is 16.6. The number of nitro benzene ring substituents is 1. The third-order valence-electron chi connectivity index (χ3n) is 2.71. The summed E-state index contributed by atoms with van der Waals surface area (Å²) in [6.07, 6.45) is 3.54. The van der Waals surface area contributed by atoms with Gasteiger partial charge in [-0.05, 0) is 25.0 Å². The fourth-order valence-electron chi connectivity index (χ4n) is 1.63. The summed E-state index contributed by atoms with van der Waals surface area (Å²) in [5.41, 5.74) is 0.494. The van der Waals surface area contributed by atoms with E-state index in [1.165, 1.54) is 24.3 Å². The first-order valence-corrected chi connectivity index (χ1v) is 6.53. The number of benzene rings is 1. The lowest BCUT2D eigenvalue weighted by Crippen LogP contribution is -2.29. The topological polar surface area (TPSA) is 104 Å². The number of hydrogen-bond donors (Lipinski definition) is 3. The Balaban J connectivity index is 2.23. The Morgan fingerprint density at radius 3 is 2.40 bits per heavy atom. The molecule has 0 aromatic heterocycles. The zero-order chi connectivity index (χ0) is 14.8. The van der Waals surface area contributed by atoms with Crippen LogP contribution in [0.1, 0.15) is 25.7 Å². The van der Waals surface area contributed by atoms with E-state index in [4.69, 9.17) is 5.11 Å². The number of unbranched alkanes of at least 4 members (excludes halogenated alkanes) is 3. The number of carbonyl (C=O) groups excluding carboxylic acids is 1. The van der Waals surface area contributed by atoms with Gasteiger partial charge in [-0.1, -0.05) is 12.8 Å². The number of aliphatic hydroxyl groups is 1. The molecule has 0 fully saturated rings. The van der Waals surface area contributed by atoms with Gasteiger partial charge in [-0.2, -0.15) is 0 Å². The largest absolute Gasteiger partial charge is 0.396 e. The minimum Gasteiger partial charge on any atom is -0.396 e. The van der Waals surface area contributed by atoms with Gasteiger partial charge in [0.1, 0.15) is 0 Å². The first-order chi connectivity index (χ1) is 9.63. The second-order valence-electron chi connectivity index (χ2n) is 4.32. The number of rotatable bonds is 8. The van der Waals surface area contributed by atoms with Gasteiger partial charge in [0.05, 0.1) is 4.92 Å². The molecule has 0 unspecified atom stereocenters. The van der Waals surface area contributed by atoms with Crippen LogP contribution in [0.5, 0.6) is 0 Å². The molecule has 0 saturated carbocycles. The Morgan fingerprint density at radius 2 is 1.80 bits per heavy atom. The maximum absolute atomic E-state index is 11.5. The van der Waals surface area contributed by atoms with Crippen LogP contribution in [0.3, 0.4) is 0 Å². The van der Waals surface area contributed by atoms with Crippen molar-refractivity contribution in [3.8, 4) is 0 Å². The first-order valence-electron chi connectivity index (χ1n) is 6.53. The van der Waals surface area contributed by atoms with Crippen LogP contribution < -0.4 is 10.6 Å². The Hall–Kier alpha value is -2.15. The highest BCUT2D eigenvalue weighted by molar-refractivity contribution is 5.89. The molecule has 0 radical (unpaired) electrons. The molecule has 0 aliphatic carbocycles. The van der Waals surface area contributed by atoms with Gasteiger partial charge >= 0.3 is 6.03 Å². The van der Waals surface area contributed by atoms with Gasteiger partial charge in [0, 0.05) is 31.0 Å². The summed E-state index contributed by atoms with van der Waals surface area (Å²) in [7, 11) is 0. The molecule has 7 nitrogen and oxygen atoms in total. The number of non-ortho nitro benzene ring substituents is 1. The van der Waals surface area contributed by atoms with Crippen molar-refractivity contribution < 1.29 is 14.8 Å². The van der Waals surface area contributed by atoms with E-state index in [0.717, 1.165) is 25.7 Å². The lowest BCUT2D eigenvalue weighted by molar-refractivity contribution is -0.384. The fraction of sp³-hybridized carbons (Fsp3) is 0.462. The molecule has 3 N–H and O–H groups in total. The average Bonchev–Trinajstić information content (AvgIpc) is 2.43. The Morgan fingerprint density at radius 1 is 1.15 bits per heavy atom. The fourth-order valence-corrected chi connectivity index (χ4v) is 1.63. The molecule has 1 aromatic rings. The lowest BCUT2D eigenvalue weighted by Gasteiger charge is -2.07. The summed E-state index contributed by atoms with van der Waals surface area (Å²) in [6.45, 7) is 0.762. The summed E-state index contributed by atoms with van der Waals surface area (Å²) in [4.78, 5) is 21.5. The third-order valence-corrected chi connectivity index (χ3v) is 2.71. The Bertz CT molecular complexity index is 434. The molecule has 0 atom stereocenters. The van der Waals surface area contributed by atoms with Crippen molar-refractivity contribution in [1.82, 2.24) is 5.32 Å². The predicted molar refractivity (Wildman–Crippen MR) is 75.7 cm³/mol. The molecule has 1 aromatic carbocycles. The Kier molecular flexibility index (Phi) is 7.05. The van der Waals surface area contributed by atoms with Crippen molar-refractivity contribution in [3.63, 3.8) is 0 Å². The lowest BCUT2D eigenvalue weighted by atomic mass is 10.2. The van der Waals surface area contributed by atoms with Crippen LogP contribution >= 0.6 is 0 Å². The molecule has 2 amide bonds. The molecule has 0 aliphatic rings. The molecule has 0 heterocycles. The maximum atomic E-state index is 11.5. The van der Waals surface area contributed by atoms with Gasteiger partial charge in [0.2, 0.25) is 0 Å². The quantitative estimate of drug-likeness (QED) is 0.386. The molecule has 0 aliphatic heterocycles. The number of anilines is 1. The molecule has 1 rings (SSSR count). The van der Waals surface area contributed by atoms with Crippen LogP contribution in [0.15, 0.2) is 24.3 Å². The number of urea groups is 1. The van der Waals surface area contributed by atoms with E-state index in [1.807, 2.05) is 0 Å². The molecule has 20 heavy (non-hydrogen) atoms. The minimum atomic E-state index is -0.490.